The van der Waals surface area contributed by atoms with Crippen molar-refractivity contribution < 1.29 is 14.6 Å². The third kappa shape index (κ3) is 4.80. The van der Waals surface area contributed by atoms with Crippen LogP contribution in [0.1, 0.15) is 19.3 Å². The Kier molecular flexibility index (Phi) is 5.90. The van der Waals surface area contributed by atoms with Crippen LogP contribution in [0.5, 0.6) is 0 Å². The molecule has 1 aromatic heterocycles. The summed E-state index contributed by atoms with van der Waals surface area (Å²) in [4.78, 5) is 41.4. The van der Waals surface area contributed by atoms with Crippen molar-refractivity contribution >= 4 is 5.91 Å². The molecule has 2 saturated heterocycles. The second-order valence-corrected chi connectivity index (χ2v) is 7.13. The van der Waals surface area contributed by atoms with E-state index in [0.717, 1.165) is 25.9 Å². The first-order valence-corrected chi connectivity index (χ1v) is 9.05. The van der Waals surface area contributed by atoms with Crippen molar-refractivity contribution in [3.05, 3.63) is 33.1 Å². The summed E-state index contributed by atoms with van der Waals surface area (Å²) < 4.78 is 6.83. The summed E-state index contributed by atoms with van der Waals surface area (Å²) >= 11 is 0. The largest absolute Gasteiger partial charge is 0.384 e. The molecule has 1 atom stereocenters. The minimum atomic E-state index is -1.08. The molecule has 0 bridgehead atoms. The molecule has 2 fully saturated rings. The Morgan fingerprint density at radius 3 is 2.77 bits per heavy atom. The first kappa shape index (κ1) is 18.8. The molecule has 3 rings (SSSR count). The molecule has 3 heterocycles. The van der Waals surface area contributed by atoms with Crippen LogP contribution in [0.2, 0.25) is 0 Å². The van der Waals surface area contributed by atoms with Gasteiger partial charge in [0, 0.05) is 38.3 Å². The van der Waals surface area contributed by atoms with Gasteiger partial charge in [0.2, 0.25) is 5.91 Å². The molecule has 0 unspecified atom stereocenters. The molecule has 144 valence electrons. The maximum absolute atomic E-state index is 12.6. The van der Waals surface area contributed by atoms with Crippen LogP contribution in [0.3, 0.4) is 0 Å². The lowest BCUT2D eigenvalue weighted by atomic mass is 10.0. The predicted octanol–water partition coefficient (Wildman–Crippen LogP) is -1.39. The van der Waals surface area contributed by atoms with Crippen molar-refractivity contribution in [1.82, 2.24) is 19.4 Å². The minimum Gasteiger partial charge on any atom is -0.384 e. The van der Waals surface area contributed by atoms with Crippen LogP contribution in [0, 0.1) is 0 Å². The van der Waals surface area contributed by atoms with E-state index in [9.17, 15) is 19.5 Å². The average molecular weight is 366 g/mol. The zero-order valence-electron chi connectivity index (χ0n) is 14.9. The lowest BCUT2D eigenvalue weighted by molar-refractivity contribution is -0.134. The zero-order chi connectivity index (χ0) is 18.6. The minimum absolute atomic E-state index is 0.117. The molecule has 1 aromatic rings. The molecular weight excluding hydrogens is 340 g/mol. The van der Waals surface area contributed by atoms with Gasteiger partial charge < -0.3 is 24.2 Å². The topological polar surface area (TPSA) is 108 Å². The lowest BCUT2D eigenvalue weighted by Crippen LogP contribution is -2.53. The Hall–Kier alpha value is -1.97. The Labute approximate surface area is 151 Å². The number of aryl methyl sites for hydroxylation is 1. The highest BCUT2D eigenvalue weighted by Gasteiger charge is 2.36. The van der Waals surface area contributed by atoms with Gasteiger partial charge in [0.15, 0.2) is 0 Å². The van der Waals surface area contributed by atoms with E-state index in [2.05, 4.69) is 9.88 Å². The number of nitrogens with zero attached hydrogens (tertiary/aromatic N) is 3. The quantitative estimate of drug-likeness (QED) is 0.665. The number of hydrogen-bond donors (Lipinski definition) is 2. The number of likely N-dealkylation sites (tertiary alicyclic amines) is 1. The Balaban J connectivity index is 1.60. The number of β-amino-alcohol motifs (C(OH)–C–C–N with tert-alkyl or cyclic N) is 1. The van der Waals surface area contributed by atoms with E-state index in [1.165, 1.54) is 16.8 Å². The molecule has 0 aromatic carbocycles. The molecule has 1 amide bonds. The van der Waals surface area contributed by atoms with E-state index < -0.39 is 16.9 Å². The molecule has 9 heteroatoms. The fraction of sp³-hybridized carbons (Fsp3) is 0.706. The third-order valence-electron chi connectivity index (χ3n) is 4.89. The first-order chi connectivity index (χ1) is 12.5. The number of aliphatic hydroxyl groups is 1. The molecule has 2 aliphatic heterocycles. The van der Waals surface area contributed by atoms with Gasteiger partial charge in [0.05, 0.1) is 19.8 Å². The monoisotopic (exact) mass is 366 g/mol. The average Bonchev–Trinajstić information content (AvgIpc) is 3.01. The van der Waals surface area contributed by atoms with Crippen LogP contribution in [0.4, 0.5) is 0 Å². The number of ether oxygens (including phenoxy) is 1. The molecule has 2 aliphatic rings. The first-order valence-electron chi connectivity index (χ1n) is 9.05. The van der Waals surface area contributed by atoms with E-state index in [1.807, 2.05) is 0 Å². The number of amides is 1. The number of nitrogens with one attached hydrogen (secondary N) is 1. The molecule has 0 spiro atoms. The molecular formula is C17H26N4O5. The third-order valence-corrected chi connectivity index (χ3v) is 4.89. The standard InChI is InChI=1S/C17H26N4O5/c22-14-3-7-20(16(24)18-14)8-4-15(23)21-9-10-26-13-17(25,12-21)11-19-5-1-2-6-19/h3,7,25H,1-2,4-6,8-13H2,(H,18,22,24)/t17-/m1/s1. The number of aromatic amines is 1. The SMILES string of the molecule is O=C(CCn1ccc(=O)[nH]c1=O)N1CCOC[C@@](O)(CN2CCCC2)C1. The smallest absolute Gasteiger partial charge is 0.328 e. The summed E-state index contributed by atoms with van der Waals surface area (Å²) in [5.41, 5.74) is -2.07. The summed E-state index contributed by atoms with van der Waals surface area (Å²) in [6.45, 7) is 3.84. The summed E-state index contributed by atoms with van der Waals surface area (Å²) in [6, 6.07) is 1.25. The Morgan fingerprint density at radius 1 is 1.27 bits per heavy atom. The maximum atomic E-state index is 12.6. The summed E-state index contributed by atoms with van der Waals surface area (Å²) in [7, 11) is 0. The van der Waals surface area contributed by atoms with Crippen molar-refractivity contribution in [2.24, 2.45) is 0 Å². The molecule has 2 N–H and O–H groups in total. The predicted molar refractivity (Wildman–Crippen MR) is 94.0 cm³/mol. The van der Waals surface area contributed by atoms with Crippen molar-refractivity contribution in [2.75, 3.05) is 45.9 Å². The van der Waals surface area contributed by atoms with Gasteiger partial charge in [-0.15, -0.1) is 0 Å². The van der Waals surface area contributed by atoms with Crippen molar-refractivity contribution in [3.63, 3.8) is 0 Å². The van der Waals surface area contributed by atoms with E-state index in [1.54, 1.807) is 4.90 Å². The van der Waals surface area contributed by atoms with Crippen LogP contribution in [-0.4, -0.2) is 81.9 Å². The van der Waals surface area contributed by atoms with Gasteiger partial charge in [-0.1, -0.05) is 0 Å². The van der Waals surface area contributed by atoms with E-state index >= 15 is 0 Å². The number of carbonyl (C=O) groups excluding carboxylic acids is 1. The van der Waals surface area contributed by atoms with Crippen LogP contribution in [-0.2, 0) is 16.1 Å². The normalized spacial score (nSPS) is 24.6. The van der Waals surface area contributed by atoms with E-state index in [0.29, 0.717) is 19.7 Å². The van der Waals surface area contributed by atoms with Crippen LogP contribution < -0.4 is 11.2 Å². The number of carbonyl (C=O) groups is 1. The van der Waals surface area contributed by atoms with Gasteiger partial charge in [-0.05, 0) is 25.9 Å². The second kappa shape index (κ2) is 8.15. The Morgan fingerprint density at radius 2 is 2.04 bits per heavy atom. The van der Waals surface area contributed by atoms with Crippen LogP contribution in [0.25, 0.3) is 0 Å². The highest BCUT2D eigenvalue weighted by molar-refractivity contribution is 5.76. The number of H-pyrrole nitrogens is 1. The van der Waals surface area contributed by atoms with Crippen LogP contribution >= 0.6 is 0 Å². The lowest BCUT2D eigenvalue weighted by Gasteiger charge is -2.34. The summed E-state index contributed by atoms with van der Waals surface area (Å²) in [6.07, 6.45) is 3.76. The van der Waals surface area contributed by atoms with Gasteiger partial charge in [-0.2, -0.15) is 0 Å². The van der Waals surface area contributed by atoms with Crippen molar-refractivity contribution in [3.8, 4) is 0 Å². The zero-order valence-corrected chi connectivity index (χ0v) is 14.9. The molecule has 9 nitrogen and oxygen atoms in total. The molecule has 26 heavy (non-hydrogen) atoms. The summed E-state index contributed by atoms with van der Waals surface area (Å²) in [5.74, 6) is -0.145. The number of hydrogen-bond acceptors (Lipinski definition) is 6. The molecule has 0 saturated carbocycles. The van der Waals surface area contributed by atoms with Crippen LogP contribution in [0.15, 0.2) is 21.9 Å². The van der Waals surface area contributed by atoms with Crippen molar-refractivity contribution in [1.29, 1.82) is 0 Å². The van der Waals surface area contributed by atoms with E-state index in [4.69, 9.17) is 4.74 Å². The van der Waals surface area contributed by atoms with Gasteiger partial charge in [-0.3, -0.25) is 14.6 Å². The van der Waals surface area contributed by atoms with Gasteiger partial charge >= 0.3 is 5.69 Å². The van der Waals surface area contributed by atoms with Gasteiger partial charge in [0.1, 0.15) is 5.60 Å². The highest BCUT2D eigenvalue weighted by atomic mass is 16.5. The fourth-order valence-corrected chi connectivity index (χ4v) is 3.58. The van der Waals surface area contributed by atoms with Gasteiger partial charge in [-0.25, -0.2) is 4.79 Å². The highest BCUT2D eigenvalue weighted by Crippen LogP contribution is 2.18. The maximum Gasteiger partial charge on any atom is 0.328 e. The number of aromatic nitrogens is 2. The van der Waals surface area contributed by atoms with Crippen molar-refractivity contribution in [2.45, 2.75) is 31.4 Å². The fourth-order valence-electron chi connectivity index (χ4n) is 3.58. The Bertz CT molecular complexity index is 739. The number of rotatable bonds is 5. The second-order valence-electron chi connectivity index (χ2n) is 7.13. The van der Waals surface area contributed by atoms with E-state index in [-0.39, 0.29) is 32.0 Å². The summed E-state index contributed by atoms with van der Waals surface area (Å²) in [5, 5.41) is 10.9. The molecule has 0 radical (unpaired) electrons. The van der Waals surface area contributed by atoms with Gasteiger partial charge in [0.25, 0.3) is 5.56 Å². The molecule has 0 aliphatic carbocycles.